The van der Waals surface area contributed by atoms with Gasteiger partial charge in [-0.3, -0.25) is 9.69 Å². The van der Waals surface area contributed by atoms with Crippen molar-refractivity contribution in [2.45, 2.75) is 26.3 Å². The topological polar surface area (TPSA) is 49.8 Å². The van der Waals surface area contributed by atoms with Crippen molar-refractivity contribution in [3.8, 4) is 0 Å². The van der Waals surface area contributed by atoms with E-state index in [2.05, 4.69) is 4.74 Å². The number of aliphatic hydroxyl groups is 1. The number of methoxy groups -OCH3 is 1. The fourth-order valence-electron chi connectivity index (χ4n) is 1.37. The zero-order valence-electron chi connectivity index (χ0n) is 8.62. The Morgan fingerprint density at radius 1 is 1.46 bits per heavy atom. The molecule has 0 saturated carbocycles. The predicted octanol–water partition coefficient (Wildman–Crippen LogP) is 0.252. The Labute approximate surface area is 79.5 Å². The highest BCUT2D eigenvalue weighted by Gasteiger charge is 2.23. The van der Waals surface area contributed by atoms with E-state index in [-0.39, 0.29) is 18.6 Å². The molecule has 0 aliphatic carbocycles. The minimum atomic E-state index is -0.301. The number of nitrogens with zero attached hydrogens (tertiary/aromatic N) is 1. The van der Waals surface area contributed by atoms with Crippen molar-refractivity contribution in [3.63, 3.8) is 0 Å². The van der Waals surface area contributed by atoms with Crippen LogP contribution >= 0.6 is 0 Å². The van der Waals surface area contributed by atoms with Gasteiger partial charge in [0.05, 0.1) is 7.11 Å². The SMILES string of the molecule is CCN(CC)C(CCO)C(=O)OC. The average molecular weight is 189 g/mol. The minimum Gasteiger partial charge on any atom is -0.468 e. The minimum absolute atomic E-state index is 0.0102. The molecule has 0 fully saturated rings. The third-order valence-corrected chi connectivity index (χ3v) is 2.13. The van der Waals surface area contributed by atoms with E-state index in [4.69, 9.17) is 5.11 Å². The Hall–Kier alpha value is -0.610. The van der Waals surface area contributed by atoms with E-state index < -0.39 is 0 Å². The molecule has 0 spiro atoms. The number of carbonyl (C=O) groups excluding carboxylic acids is 1. The molecule has 0 aromatic rings. The molecule has 0 bridgehead atoms. The van der Waals surface area contributed by atoms with Gasteiger partial charge in [0.1, 0.15) is 6.04 Å². The van der Waals surface area contributed by atoms with Gasteiger partial charge in [0.25, 0.3) is 0 Å². The summed E-state index contributed by atoms with van der Waals surface area (Å²) < 4.78 is 4.66. The molecular formula is C9H19NO3. The normalized spacial score (nSPS) is 13.0. The lowest BCUT2D eigenvalue weighted by Gasteiger charge is -2.26. The Morgan fingerprint density at radius 3 is 2.31 bits per heavy atom. The molecule has 4 nitrogen and oxygen atoms in total. The van der Waals surface area contributed by atoms with Crippen LogP contribution in [-0.2, 0) is 9.53 Å². The number of esters is 1. The second kappa shape index (κ2) is 6.86. The first-order valence-electron chi connectivity index (χ1n) is 4.63. The highest BCUT2D eigenvalue weighted by atomic mass is 16.5. The lowest BCUT2D eigenvalue weighted by Crippen LogP contribution is -2.42. The fourth-order valence-corrected chi connectivity index (χ4v) is 1.37. The molecule has 0 aliphatic heterocycles. The molecule has 4 heteroatoms. The first kappa shape index (κ1) is 12.4. The third kappa shape index (κ3) is 3.74. The van der Waals surface area contributed by atoms with E-state index in [1.807, 2.05) is 18.7 Å². The molecule has 0 aromatic carbocycles. The predicted molar refractivity (Wildman–Crippen MR) is 50.4 cm³/mol. The van der Waals surface area contributed by atoms with Gasteiger partial charge in [-0.05, 0) is 19.5 Å². The van der Waals surface area contributed by atoms with Gasteiger partial charge in [0.15, 0.2) is 0 Å². The summed E-state index contributed by atoms with van der Waals surface area (Å²) >= 11 is 0. The van der Waals surface area contributed by atoms with Gasteiger partial charge in [0, 0.05) is 6.61 Å². The average Bonchev–Trinajstić information content (AvgIpc) is 2.17. The van der Waals surface area contributed by atoms with E-state index in [0.29, 0.717) is 6.42 Å². The zero-order valence-corrected chi connectivity index (χ0v) is 8.62. The lowest BCUT2D eigenvalue weighted by atomic mass is 10.2. The van der Waals surface area contributed by atoms with Gasteiger partial charge >= 0.3 is 5.97 Å². The molecule has 0 radical (unpaired) electrons. The van der Waals surface area contributed by atoms with E-state index in [0.717, 1.165) is 13.1 Å². The fraction of sp³-hybridized carbons (Fsp3) is 0.889. The van der Waals surface area contributed by atoms with Crippen molar-refractivity contribution in [2.75, 3.05) is 26.8 Å². The Bertz CT molecular complexity index is 146. The van der Waals surface area contributed by atoms with Crippen molar-refractivity contribution >= 4 is 5.97 Å². The van der Waals surface area contributed by atoms with Crippen molar-refractivity contribution in [2.24, 2.45) is 0 Å². The summed E-state index contributed by atoms with van der Waals surface area (Å²) in [7, 11) is 1.37. The van der Waals surface area contributed by atoms with Crippen LogP contribution in [0, 0.1) is 0 Å². The maximum Gasteiger partial charge on any atom is 0.323 e. The van der Waals surface area contributed by atoms with Crippen LogP contribution < -0.4 is 0 Å². The van der Waals surface area contributed by atoms with Crippen molar-refractivity contribution in [1.29, 1.82) is 0 Å². The second-order valence-corrected chi connectivity index (χ2v) is 2.77. The Balaban J connectivity index is 4.28. The van der Waals surface area contributed by atoms with E-state index in [1.54, 1.807) is 0 Å². The zero-order chi connectivity index (χ0) is 10.3. The number of ether oxygens (including phenoxy) is 1. The number of carbonyl (C=O) groups is 1. The smallest absolute Gasteiger partial charge is 0.323 e. The second-order valence-electron chi connectivity index (χ2n) is 2.77. The first-order valence-corrected chi connectivity index (χ1v) is 4.63. The van der Waals surface area contributed by atoms with Crippen LogP contribution in [-0.4, -0.2) is 48.8 Å². The largest absolute Gasteiger partial charge is 0.468 e. The third-order valence-electron chi connectivity index (χ3n) is 2.13. The molecule has 0 aromatic heterocycles. The van der Waals surface area contributed by atoms with Gasteiger partial charge in [0.2, 0.25) is 0 Å². The van der Waals surface area contributed by atoms with Gasteiger partial charge in [-0.2, -0.15) is 0 Å². The summed E-state index contributed by atoms with van der Waals surface area (Å²) in [5.74, 6) is -0.266. The summed E-state index contributed by atoms with van der Waals surface area (Å²) in [4.78, 5) is 13.3. The maximum atomic E-state index is 11.3. The van der Waals surface area contributed by atoms with E-state index >= 15 is 0 Å². The summed E-state index contributed by atoms with van der Waals surface area (Å²) in [6.07, 6.45) is 0.439. The summed E-state index contributed by atoms with van der Waals surface area (Å²) in [6, 6.07) is -0.301. The quantitative estimate of drug-likeness (QED) is 0.609. The molecule has 1 unspecified atom stereocenters. The van der Waals surface area contributed by atoms with Gasteiger partial charge in [-0.1, -0.05) is 13.8 Å². The lowest BCUT2D eigenvalue weighted by molar-refractivity contribution is -0.147. The van der Waals surface area contributed by atoms with Crippen LogP contribution in [0.15, 0.2) is 0 Å². The van der Waals surface area contributed by atoms with Crippen molar-refractivity contribution < 1.29 is 14.6 Å². The molecule has 0 rings (SSSR count). The summed E-state index contributed by atoms with van der Waals surface area (Å²) in [6.45, 7) is 5.55. The number of hydrogen-bond acceptors (Lipinski definition) is 4. The van der Waals surface area contributed by atoms with Crippen LogP contribution in [0.5, 0.6) is 0 Å². The van der Waals surface area contributed by atoms with Crippen LogP contribution in [0.4, 0.5) is 0 Å². The monoisotopic (exact) mass is 189 g/mol. The molecular weight excluding hydrogens is 170 g/mol. The summed E-state index contributed by atoms with van der Waals surface area (Å²) in [5, 5.41) is 8.79. The van der Waals surface area contributed by atoms with Crippen LogP contribution in [0.25, 0.3) is 0 Å². The van der Waals surface area contributed by atoms with E-state index in [1.165, 1.54) is 7.11 Å². The molecule has 1 atom stereocenters. The van der Waals surface area contributed by atoms with Gasteiger partial charge in [-0.25, -0.2) is 0 Å². The molecule has 0 aliphatic rings. The number of hydrogen-bond donors (Lipinski definition) is 1. The van der Waals surface area contributed by atoms with Gasteiger partial charge < -0.3 is 9.84 Å². The molecule has 0 saturated heterocycles. The first-order chi connectivity index (χ1) is 6.21. The molecule has 78 valence electrons. The molecule has 1 N–H and O–H groups in total. The maximum absolute atomic E-state index is 11.3. The van der Waals surface area contributed by atoms with Crippen molar-refractivity contribution in [1.82, 2.24) is 4.90 Å². The van der Waals surface area contributed by atoms with Crippen molar-refractivity contribution in [3.05, 3.63) is 0 Å². The Morgan fingerprint density at radius 2 is 2.00 bits per heavy atom. The van der Waals surface area contributed by atoms with E-state index in [9.17, 15) is 4.79 Å². The molecule has 13 heavy (non-hydrogen) atoms. The standard InChI is InChI=1S/C9H19NO3/c1-4-10(5-2)8(6-7-11)9(12)13-3/h8,11H,4-7H2,1-3H3. The number of rotatable bonds is 6. The molecule has 0 heterocycles. The number of aliphatic hydroxyl groups excluding tert-OH is 1. The number of likely N-dealkylation sites (N-methyl/N-ethyl adjacent to an activating group) is 1. The Kier molecular flexibility index (Phi) is 6.54. The van der Waals surface area contributed by atoms with Gasteiger partial charge in [-0.15, -0.1) is 0 Å². The van der Waals surface area contributed by atoms with Crippen LogP contribution in [0.1, 0.15) is 20.3 Å². The highest BCUT2D eigenvalue weighted by Crippen LogP contribution is 2.05. The van der Waals surface area contributed by atoms with Crippen LogP contribution in [0.2, 0.25) is 0 Å². The highest BCUT2D eigenvalue weighted by molar-refractivity contribution is 5.75. The molecule has 0 amide bonds. The summed E-state index contributed by atoms with van der Waals surface area (Å²) in [5.41, 5.74) is 0. The van der Waals surface area contributed by atoms with Crippen LogP contribution in [0.3, 0.4) is 0 Å².